The highest BCUT2D eigenvalue weighted by Crippen LogP contribution is 2.30. The van der Waals surface area contributed by atoms with Gasteiger partial charge in [-0.15, -0.1) is 0 Å². The van der Waals surface area contributed by atoms with Gasteiger partial charge >= 0.3 is 6.61 Å². The summed E-state index contributed by atoms with van der Waals surface area (Å²) in [6.07, 6.45) is -6.05. The highest BCUT2D eigenvalue weighted by molar-refractivity contribution is 7.22. The predicted molar refractivity (Wildman–Crippen MR) is 104 cm³/mol. The van der Waals surface area contributed by atoms with Crippen LogP contribution in [0.3, 0.4) is 0 Å². The summed E-state index contributed by atoms with van der Waals surface area (Å²) in [7, 11) is 0. The quantitative estimate of drug-likeness (QED) is 0.313. The van der Waals surface area contributed by atoms with Crippen LogP contribution in [0.1, 0.15) is 40.6 Å². The van der Waals surface area contributed by atoms with E-state index in [9.17, 15) is 31.1 Å². The van der Waals surface area contributed by atoms with Gasteiger partial charge in [-0.05, 0) is 36.4 Å². The Morgan fingerprint density at radius 3 is 2.58 bits per heavy atom. The molecule has 0 atom stereocenters. The maximum Gasteiger partial charge on any atom is 0.387 e. The van der Waals surface area contributed by atoms with E-state index >= 15 is 0 Å². The molecular weight excluding hydrogens is 478 g/mol. The molecule has 0 spiro atoms. The number of carbonyl (C=O) groups excluding carboxylic acids is 1. The molecule has 0 saturated carbocycles. The molecule has 33 heavy (non-hydrogen) atoms. The van der Waals surface area contributed by atoms with Crippen molar-refractivity contribution in [2.24, 2.45) is 0 Å². The topological polar surface area (TPSA) is 82.2 Å². The minimum absolute atomic E-state index is 0.0315. The van der Waals surface area contributed by atoms with Gasteiger partial charge in [0, 0.05) is 0 Å². The average molecular weight is 490 g/mol. The van der Waals surface area contributed by atoms with Crippen molar-refractivity contribution in [3.05, 3.63) is 59.3 Å². The number of fused-ring (bicyclic) bond motifs is 1. The van der Waals surface area contributed by atoms with Crippen LogP contribution >= 0.6 is 11.3 Å². The number of hydrogen-bond donors (Lipinski definition) is 1. The molecule has 3 heterocycles. The minimum Gasteiger partial charge on any atom is -0.454 e. The lowest BCUT2D eigenvalue weighted by Crippen LogP contribution is -2.10. The van der Waals surface area contributed by atoms with Gasteiger partial charge in [0.2, 0.25) is 0 Å². The Balaban J connectivity index is 1.47. The van der Waals surface area contributed by atoms with Gasteiger partial charge in [0.25, 0.3) is 18.8 Å². The van der Waals surface area contributed by atoms with E-state index in [4.69, 9.17) is 4.42 Å². The zero-order valence-corrected chi connectivity index (χ0v) is 17.0. The summed E-state index contributed by atoms with van der Waals surface area (Å²) >= 11 is 1.00. The number of nitrogens with one attached hydrogen (secondary N) is 1. The number of benzene rings is 1. The third-order valence-corrected chi connectivity index (χ3v) is 5.21. The van der Waals surface area contributed by atoms with Crippen molar-refractivity contribution in [1.29, 1.82) is 0 Å². The zero-order chi connectivity index (χ0) is 23.7. The molecule has 1 N–H and O–H groups in total. The first-order valence-electron chi connectivity index (χ1n) is 9.09. The summed E-state index contributed by atoms with van der Waals surface area (Å²) in [5, 5.41) is 6.08. The molecule has 1 amide bonds. The van der Waals surface area contributed by atoms with Crippen LogP contribution in [-0.4, -0.2) is 27.3 Å². The molecule has 0 unspecified atom stereocenters. The Labute approximate surface area is 184 Å². The Kier molecular flexibility index (Phi) is 6.26. The Morgan fingerprint density at radius 1 is 1.09 bits per heavy atom. The third kappa shape index (κ3) is 5.10. The summed E-state index contributed by atoms with van der Waals surface area (Å²) in [5.41, 5.74) is -1.07. The van der Waals surface area contributed by atoms with Crippen molar-refractivity contribution in [2.45, 2.75) is 26.0 Å². The maximum atomic E-state index is 13.1. The molecule has 0 bridgehead atoms. The SMILES string of the molecule is O=C(Nc1nc2ccc(OC(F)F)cc2s1)c1ccc(Cn2nc(C(F)F)cc2C(F)F)o1. The number of thiazole rings is 1. The highest BCUT2D eigenvalue weighted by atomic mass is 32.1. The molecule has 4 aromatic rings. The molecule has 3 aromatic heterocycles. The van der Waals surface area contributed by atoms with Crippen molar-refractivity contribution in [3.63, 3.8) is 0 Å². The van der Waals surface area contributed by atoms with Crippen LogP contribution in [0.15, 0.2) is 40.8 Å². The Bertz CT molecular complexity index is 1290. The first-order valence-corrected chi connectivity index (χ1v) is 9.90. The number of halogens is 6. The summed E-state index contributed by atoms with van der Waals surface area (Å²) in [4.78, 5) is 16.6. The number of furan rings is 1. The standard InChI is InChI=1S/C19H12F6N4O3S/c20-15(21)11-6-12(16(22)23)29(28-11)7-9-2-4-13(31-9)17(30)27-19-26-10-3-1-8(32-18(24)25)5-14(10)33-19/h1-6,15-16,18H,7H2,(H,26,27,30). The number of nitrogens with zero attached hydrogens (tertiary/aromatic N) is 3. The molecule has 4 rings (SSSR count). The molecule has 0 aliphatic carbocycles. The second kappa shape index (κ2) is 9.13. The van der Waals surface area contributed by atoms with E-state index < -0.39 is 43.3 Å². The number of carbonyl (C=O) groups is 1. The van der Waals surface area contributed by atoms with Crippen LogP contribution in [0.4, 0.5) is 31.5 Å². The molecule has 7 nitrogen and oxygen atoms in total. The van der Waals surface area contributed by atoms with Gasteiger partial charge in [0.1, 0.15) is 22.9 Å². The van der Waals surface area contributed by atoms with Crippen molar-refractivity contribution in [2.75, 3.05) is 5.32 Å². The van der Waals surface area contributed by atoms with Gasteiger partial charge in [-0.2, -0.15) is 13.9 Å². The number of hydrogen-bond acceptors (Lipinski definition) is 6. The first-order chi connectivity index (χ1) is 15.7. The van der Waals surface area contributed by atoms with Crippen LogP contribution in [0.2, 0.25) is 0 Å². The van der Waals surface area contributed by atoms with E-state index in [2.05, 4.69) is 20.1 Å². The molecule has 14 heteroatoms. The smallest absolute Gasteiger partial charge is 0.387 e. The molecule has 174 valence electrons. The van der Waals surface area contributed by atoms with E-state index in [-0.39, 0.29) is 22.4 Å². The fraction of sp³-hybridized carbons (Fsp3) is 0.211. The molecule has 0 saturated heterocycles. The molecule has 0 radical (unpaired) electrons. The highest BCUT2D eigenvalue weighted by Gasteiger charge is 2.22. The number of anilines is 1. The normalized spacial score (nSPS) is 11.8. The van der Waals surface area contributed by atoms with Crippen molar-refractivity contribution < 1.29 is 40.3 Å². The summed E-state index contributed by atoms with van der Waals surface area (Å²) in [5.74, 6) is -0.937. The van der Waals surface area contributed by atoms with E-state index in [1.54, 1.807) is 0 Å². The van der Waals surface area contributed by atoms with Crippen molar-refractivity contribution in [1.82, 2.24) is 14.8 Å². The van der Waals surface area contributed by atoms with Gasteiger partial charge in [-0.3, -0.25) is 14.8 Å². The summed E-state index contributed by atoms with van der Waals surface area (Å²) in [6.45, 7) is -3.38. The number of aromatic nitrogens is 3. The number of amides is 1. The summed E-state index contributed by atoms with van der Waals surface area (Å²) in [6, 6.07) is 7.30. The van der Waals surface area contributed by atoms with Gasteiger partial charge in [0.15, 0.2) is 10.9 Å². The first kappa shape index (κ1) is 22.6. The van der Waals surface area contributed by atoms with Crippen LogP contribution < -0.4 is 10.1 Å². The van der Waals surface area contributed by atoms with E-state index in [1.807, 2.05) is 0 Å². The van der Waals surface area contributed by atoms with Crippen LogP contribution in [0, 0.1) is 0 Å². The van der Waals surface area contributed by atoms with Crippen LogP contribution in [0.25, 0.3) is 10.2 Å². The Hall–Kier alpha value is -3.55. The fourth-order valence-corrected chi connectivity index (χ4v) is 3.78. The van der Waals surface area contributed by atoms with Crippen molar-refractivity contribution >= 4 is 32.6 Å². The average Bonchev–Trinajstić information content (AvgIpc) is 3.45. The number of ether oxygens (including phenoxy) is 1. The largest absolute Gasteiger partial charge is 0.454 e. The van der Waals surface area contributed by atoms with Gasteiger partial charge in [0.05, 0.1) is 16.8 Å². The molecule has 0 aliphatic heterocycles. The Morgan fingerprint density at radius 2 is 1.88 bits per heavy atom. The van der Waals surface area contributed by atoms with E-state index in [1.165, 1.54) is 30.3 Å². The zero-order valence-electron chi connectivity index (χ0n) is 16.1. The molecular formula is C19H12F6N4O3S. The molecule has 1 aromatic carbocycles. The van der Waals surface area contributed by atoms with Gasteiger partial charge < -0.3 is 9.15 Å². The van der Waals surface area contributed by atoms with Gasteiger partial charge in [-0.1, -0.05) is 11.3 Å². The van der Waals surface area contributed by atoms with Crippen molar-refractivity contribution in [3.8, 4) is 5.75 Å². The number of rotatable bonds is 8. The van der Waals surface area contributed by atoms with E-state index in [0.717, 1.165) is 11.3 Å². The number of alkyl halides is 6. The third-order valence-electron chi connectivity index (χ3n) is 4.27. The lowest BCUT2D eigenvalue weighted by molar-refractivity contribution is -0.0497. The predicted octanol–water partition coefficient (Wildman–Crippen LogP) is 5.86. The maximum absolute atomic E-state index is 13.1. The monoisotopic (exact) mass is 490 g/mol. The second-order valence-corrected chi connectivity index (χ2v) is 7.53. The molecule has 0 aliphatic rings. The molecule has 0 fully saturated rings. The van der Waals surface area contributed by atoms with E-state index in [0.29, 0.717) is 21.0 Å². The summed E-state index contributed by atoms with van der Waals surface area (Å²) < 4.78 is 87.3. The van der Waals surface area contributed by atoms with Gasteiger partial charge in [-0.25, -0.2) is 22.5 Å². The lowest BCUT2D eigenvalue weighted by atomic mass is 10.3. The van der Waals surface area contributed by atoms with Crippen LogP contribution in [-0.2, 0) is 6.54 Å². The fourth-order valence-electron chi connectivity index (χ4n) is 2.89. The minimum atomic E-state index is -3.03. The second-order valence-electron chi connectivity index (χ2n) is 6.50. The lowest BCUT2D eigenvalue weighted by Gasteiger charge is -2.04. The van der Waals surface area contributed by atoms with Crippen LogP contribution in [0.5, 0.6) is 5.75 Å².